The number of piperidine rings is 2. The summed E-state index contributed by atoms with van der Waals surface area (Å²) in [6.45, 7) is 5.83. The number of thioether (sulfide) groups is 1. The molecule has 26 heavy (non-hydrogen) atoms. The maximum Gasteiger partial charge on any atom is 0.232 e. The summed E-state index contributed by atoms with van der Waals surface area (Å²) in [6.07, 6.45) is 7.92. The lowest BCUT2D eigenvalue weighted by Gasteiger charge is -2.28. The Morgan fingerprint density at radius 3 is 2.23 bits per heavy atom. The smallest absolute Gasteiger partial charge is 0.232 e. The van der Waals surface area contributed by atoms with Gasteiger partial charge in [-0.2, -0.15) is 0 Å². The Labute approximate surface area is 160 Å². The number of aromatic nitrogens is 3. The lowest BCUT2D eigenvalue weighted by molar-refractivity contribution is 0.242. The van der Waals surface area contributed by atoms with Crippen molar-refractivity contribution in [1.29, 1.82) is 0 Å². The Hall–Kier alpha value is -1.53. The minimum absolute atomic E-state index is 1.01. The molecule has 0 saturated carbocycles. The quantitative estimate of drug-likeness (QED) is 0.721. The van der Waals surface area contributed by atoms with Crippen LogP contribution in [-0.4, -0.2) is 58.1 Å². The molecule has 6 heteroatoms. The maximum atomic E-state index is 4.59. The second kappa shape index (κ2) is 8.91. The Morgan fingerprint density at radius 2 is 1.50 bits per heavy atom. The van der Waals surface area contributed by atoms with Crippen LogP contribution in [0.2, 0.25) is 0 Å². The molecular weight excluding hydrogens is 342 g/mol. The van der Waals surface area contributed by atoms with Crippen molar-refractivity contribution in [2.75, 3.05) is 43.4 Å². The first-order chi connectivity index (χ1) is 12.9. The normalized spacial score (nSPS) is 19.0. The highest BCUT2D eigenvalue weighted by Crippen LogP contribution is 2.28. The van der Waals surface area contributed by atoms with Crippen LogP contribution in [0.25, 0.3) is 5.69 Å². The molecule has 4 rings (SSSR count). The SMILES string of the molecule is c1ccc(-n2c(SCCN3CCCCC3)nnc2N2CCCCC2)cc1. The third kappa shape index (κ3) is 4.23. The predicted molar refractivity (Wildman–Crippen MR) is 108 cm³/mol. The molecule has 2 saturated heterocycles. The zero-order valence-electron chi connectivity index (χ0n) is 15.5. The largest absolute Gasteiger partial charge is 0.341 e. The molecule has 0 atom stereocenters. The summed E-state index contributed by atoms with van der Waals surface area (Å²) in [6, 6.07) is 10.6. The zero-order chi connectivity index (χ0) is 17.6. The van der Waals surface area contributed by atoms with Gasteiger partial charge in [0.25, 0.3) is 0 Å². The van der Waals surface area contributed by atoms with Gasteiger partial charge in [-0.05, 0) is 57.3 Å². The van der Waals surface area contributed by atoms with Crippen molar-refractivity contribution in [3.8, 4) is 5.69 Å². The second-order valence-electron chi connectivity index (χ2n) is 7.25. The lowest BCUT2D eigenvalue weighted by Crippen LogP contribution is -2.32. The molecule has 1 aromatic carbocycles. The lowest BCUT2D eigenvalue weighted by atomic mass is 10.1. The van der Waals surface area contributed by atoms with E-state index >= 15 is 0 Å². The van der Waals surface area contributed by atoms with E-state index in [2.05, 4.69) is 54.9 Å². The van der Waals surface area contributed by atoms with Crippen LogP contribution in [0.4, 0.5) is 5.95 Å². The summed E-state index contributed by atoms with van der Waals surface area (Å²) in [5.74, 6) is 2.08. The number of hydrogen-bond donors (Lipinski definition) is 0. The molecule has 0 N–H and O–H groups in total. The second-order valence-corrected chi connectivity index (χ2v) is 8.31. The van der Waals surface area contributed by atoms with Gasteiger partial charge in [-0.3, -0.25) is 4.57 Å². The van der Waals surface area contributed by atoms with Gasteiger partial charge in [0.15, 0.2) is 5.16 Å². The molecule has 0 bridgehead atoms. The molecule has 2 fully saturated rings. The average Bonchev–Trinajstić information content (AvgIpc) is 3.14. The first kappa shape index (κ1) is 17.9. The molecule has 0 aliphatic carbocycles. The molecular formula is C20H29N5S. The molecule has 0 spiro atoms. The van der Waals surface area contributed by atoms with E-state index in [4.69, 9.17) is 0 Å². The van der Waals surface area contributed by atoms with Crippen LogP contribution in [-0.2, 0) is 0 Å². The highest BCUT2D eigenvalue weighted by molar-refractivity contribution is 7.99. The van der Waals surface area contributed by atoms with Crippen LogP contribution in [0, 0.1) is 0 Å². The van der Waals surface area contributed by atoms with E-state index in [1.807, 2.05) is 11.8 Å². The average molecular weight is 372 g/mol. The molecule has 0 unspecified atom stereocenters. The molecule has 3 heterocycles. The predicted octanol–water partition coefficient (Wildman–Crippen LogP) is 3.84. The van der Waals surface area contributed by atoms with Gasteiger partial charge in [-0.15, -0.1) is 10.2 Å². The van der Waals surface area contributed by atoms with Gasteiger partial charge in [0.1, 0.15) is 0 Å². The van der Waals surface area contributed by atoms with Crippen molar-refractivity contribution >= 4 is 17.7 Å². The fourth-order valence-electron chi connectivity index (χ4n) is 3.91. The maximum absolute atomic E-state index is 4.59. The minimum atomic E-state index is 1.01. The van der Waals surface area contributed by atoms with Crippen molar-refractivity contribution < 1.29 is 0 Å². The summed E-state index contributed by atoms with van der Waals surface area (Å²) < 4.78 is 2.26. The number of nitrogens with zero attached hydrogens (tertiary/aromatic N) is 5. The topological polar surface area (TPSA) is 37.2 Å². The summed E-state index contributed by atoms with van der Waals surface area (Å²) in [4.78, 5) is 4.99. The Morgan fingerprint density at radius 1 is 0.808 bits per heavy atom. The zero-order valence-corrected chi connectivity index (χ0v) is 16.3. The fourth-order valence-corrected chi connectivity index (χ4v) is 4.85. The van der Waals surface area contributed by atoms with E-state index < -0.39 is 0 Å². The van der Waals surface area contributed by atoms with Crippen molar-refractivity contribution in [1.82, 2.24) is 19.7 Å². The molecule has 0 amide bonds. The number of rotatable bonds is 6. The molecule has 2 aliphatic heterocycles. The molecule has 1 aromatic heterocycles. The molecule has 2 aromatic rings. The Bertz CT molecular complexity index is 675. The van der Waals surface area contributed by atoms with Crippen LogP contribution >= 0.6 is 11.8 Å². The monoisotopic (exact) mass is 371 g/mol. The number of hydrogen-bond acceptors (Lipinski definition) is 5. The molecule has 0 radical (unpaired) electrons. The number of likely N-dealkylation sites (tertiary alicyclic amines) is 1. The van der Waals surface area contributed by atoms with E-state index in [0.717, 1.165) is 36.5 Å². The summed E-state index contributed by atoms with van der Waals surface area (Å²) >= 11 is 1.84. The van der Waals surface area contributed by atoms with Crippen LogP contribution < -0.4 is 4.90 Å². The number of para-hydroxylation sites is 1. The van der Waals surface area contributed by atoms with Crippen molar-refractivity contribution in [2.45, 2.75) is 43.7 Å². The fraction of sp³-hybridized carbons (Fsp3) is 0.600. The van der Waals surface area contributed by atoms with Crippen molar-refractivity contribution in [3.63, 3.8) is 0 Å². The Kier molecular flexibility index (Phi) is 6.12. The van der Waals surface area contributed by atoms with Crippen LogP contribution in [0.5, 0.6) is 0 Å². The third-order valence-corrected chi connectivity index (χ3v) is 6.27. The van der Waals surface area contributed by atoms with E-state index in [0.29, 0.717) is 0 Å². The van der Waals surface area contributed by atoms with E-state index in [-0.39, 0.29) is 0 Å². The van der Waals surface area contributed by atoms with E-state index in [9.17, 15) is 0 Å². The van der Waals surface area contributed by atoms with Gasteiger partial charge >= 0.3 is 0 Å². The molecule has 140 valence electrons. The van der Waals surface area contributed by atoms with Gasteiger partial charge in [-0.25, -0.2) is 0 Å². The number of anilines is 1. The van der Waals surface area contributed by atoms with Crippen LogP contribution in [0.1, 0.15) is 38.5 Å². The standard InChI is InChI=1S/C20H29N5S/c1-4-10-18(11-5-1)25-19(24-14-8-3-9-15-24)21-22-20(25)26-17-16-23-12-6-2-7-13-23/h1,4-5,10-11H,2-3,6-9,12-17H2. The first-order valence-corrected chi connectivity index (χ1v) is 11.0. The van der Waals surface area contributed by atoms with Gasteiger partial charge in [0.05, 0.1) is 5.69 Å². The minimum Gasteiger partial charge on any atom is -0.341 e. The van der Waals surface area contributed by atoms with Gasteiger partial charge in [0.2, 0.25) is 5.95 Å². The summed E-state index contributed by atoms with van der Waals surface area (Å²) in [5, 5.41) is 10.2. The first-order valence-electron chi connectivity index (χ1n) is 10.0. The Balaban J connectivity index is 1.50. The van der Waals surface area contributed by atoms with E-state index in [1.165, 1.54) is 57.3 Å². The van der Waals surface area contributed by atoms with Gasteiger partial charge < -0.3 is 9.80 Å². The van der Waals surface area contributed by atoms with Crippen LogP contribution in [0.3, 0.4) is 0 Å². The number of benzene rings is 1. The van der Waals surface area contributed by atoms with Gasteiger partial charge in [0, 0.05) is 25.4 Å². The van der Waals surface area contributed by atoms with Crippen molar-refractivity contribution in [3.05, 3.63) is 30.3 Å². The third-order valence-electron chi connectivity index (χ3n) is 5.36. The van der Waals surface area contributed by atoms with E-state index in [1.54, 1.807) is 0 Å². The highest BCUT2D eigenvalue weighted by Gasteiger charge is 2.21. The molecule has 5 nitrogen and oxygen atoms in total. The van der Waals surface area contributed by atoms with Crippen LogP contribution in [0.15, 0.2) is 35.5 Å². The molecule has 2 aliphatic rings. The van der Waals surface area contributed by atoms with Gasteiger partial charge in [-0.1, -0.05) is 36.4 Å². The van der Waals surface area contributed by atoms with Crippen molar-refractivity contribution in [2.24, 2.45) is 0 Å². The summed E-state index contributed by atoms with van der Waals surface area (Å²) in [5.41, 5.74) is 1.17. The highest BCUT2D eigenvalue weighted by atomic mass is 32.2. The summed E-state index contributed by atoms with van der Waals surface area (Å²) in [7, 11) is 0.